The molecule has 82 valence electrons. The lowest BCUT2D eigenvalue weighted by Crippen LogP contribution is -2.16. The largest absolute Gasteiger partial charge is 0.318 e. The number of fused-ring (bicyclic) bond motifs is 1. The van der Waals surface area contributed by atoms with Crippen molar-refractivity contribution in [1.82, 2.24) is 4.57 Å². The van der Waals surface area contributed by atoms with Gasteiger partial charge in [0.15, 0.2) is 0 Å². The summed E-state index contributed by atoms with van der Waals surface area (Å²) in [5.74, 6) is 0. The summed E-state index contributed by atoms with van der Waals surface area (Å²) in [6, 6.07) is 4.57. The summed E-state index contributed by atoms with van der Waals surface area (Å²) >= 11 is 3.27. The molecule has 0 spiro atoms. The van der Waals surface area contributed by atoms with E-state index in [-0.39, 0.29) is 16.6 Å². The topological polar surface area (TPSA) is 65.1 Å². The number of aryl methyl sites for hydroxylation is 1. The molecular weight excluding hydrogens is 276 g/mol. The van der Waals surface area contributed by atoms with Crippen LogP contribution in [0.2, 0.25) is 0 Å². The Balaban J connectivity index is 3.06. The predicted octanol–water partition coefficient (Wildman–Crippen LogP) is 2.21. The van der Waals surface area contributed by atoms with Gasteiger partial charge < -0.3 is 4.57 Å². The minimum atomic E-state index is -0.545. The van der Waals surface area contributed by atoms with E-state index in [0.717, 1.165) is 0 Å². The number of nitrogens with zero attached hydrogens (tertiary/aromatic N) is 2. The normalized spacial score (nSPS) is 10.6. The Morgan fingerprint density at radius 3 is 2.69 bits per heavy atom. The second kappa shape index (κ2) is 3.71. The van der Waals surface area contributed by atoms with E-state index >= 15 is 0 Å². The van der Waals surface area contributed by atoms with Crippen LogP contribution in [0.5, 0.6) is 0 Å². The fraction of sp³-hybridized carbons (Fsp3) is 0.100. The molecule has 0 atom stereocenters. The number of nitro benzene ring substituents is 1. The Bertz CT molecular complexity index is 648. The van der Waals surface area contributed by atoms with Gasteiger partial charge in [0, 0.05) is 29.2 Å². The predicted molar refractivity (Wildman–Crippen MR) is 63.5 cm³/mol. The zero-order valence-electron chi connectivity index (χ0n) is 8.31. The van der Waals surface area contributed by atoms with Gasteiger partial charge in [-0.25, -0.2) is 0 Å². The molecule has 0 amide bonds. The number of aromatic nitrogens is 1. The number of hydrogen-bond acceptors (Lipinski definition) is 3. The van der Waals surface area contributed by atoms with Crippen LogP contribution in [0.15, 0.2) is 33.7 Å². The highest BCUT2D eigenvalue weighted by Crippen LogP contribution is 2.28. The highest BCUT2D eigenvalue weighted by Gasteiger charge is 2.17. The molecule has 0 aliphatic heterocycles. The van der Waals surface area contributed by atoms with Gasteiger partial charge in [0.25, 0.3) is 11.2 Å². The first kappa shape index (κ1) is 10.8. The van der Waals surface area contributed by atoms with Crippen molar-refractivity contribution in [3.05, 3.63) is 49.3 Å². The van der Waals surface area contributed by atoms with Gasteiger partial charge in [-0.15, -0.1) is 0 Å². The van der Waals surface area contributed by atoms with Crippen LogP contribution in [0.25, 0.3) is 10.8 Å². The molecule has 5 nitrogen and oxygen atoms in total. The van der Waals surface area contributed by atoms with E-state index in [4.69, 9.17) is 0 Å². The maximum atomic E-state index is 11.8. The molecule has 0 aliphatic rings. The minimum Gasteiger partial charge on any atom is -0.318 e. The van der Waals surface area contributed by atoms with Gasteiger partial charge in [0.2, 0.25) is 0 Å². The van der Waals surface area contributed by atoms with E-state index in [1.165, 1.54) is 10.6 Å². The van der Waals surface area contributed by atoms with Crippen LogP contribution < -0.4 is 5.56 Å². The van der Waals surface area contributed by atoms with E-state index in [1.54, 1.807) is 25.4 Å². The Morgan fingerprint density at radius 1 is 1.38 bits per heavy atom. The average molecular weight is 283 g/mol. The van der Waals surface area contributed by atoms with Crippen molar-refractivity contribution in [1.29, 1.82) is 0 Å². The standard InChI is InChI=1S/C10H7BrN2O3/c1-12-5-4-6-7(11)2-3-8(13(15)16)9(6)10(12)14/h2-5H,1H3. The van der Waals surface area contributed by atoms with Crippen LogP contribution in [0.1, 0.15) is 0 Å². The molecule has 1 aromatic carbocycles. The molecule has 0 unspecified atom stereocenters. The van der Waals surface area contributed by atoms with Gasteiger partial charge in [-0.1, -0.05) is 15.9 Å². The second-order valence-electron chi connectivity index (χ2n) is 3.34. The number of nitro groups is 1. The number of benzene rings is 1. The monoisotopic (exact) mass is 282 g/mol. The van der Waals surface area contributed by atoms with Crippen LogP contribution in [-0.2, 0) is 7.05 Å². The average Bonchev–Trinajstić information content (AvgIpc) is 2.23. The van der Waals surface area contributed by atoms with Crippen LogP contribution in [0, 0.1) is 10.1 Å². The second-order valence-corrected chi connectivity index (χ2v) is 4.20. The molecule has 0 aliphatic carbocycles. The van der Waals surface area contributed by atoms with Crippen LogP contribution in [-0.4, -0.2) is 9.49 Å². The van der Waals surface area contributed by atoms with E-state index in [2.05, 4.69) is 15.9 Å². The molecule has 0 saturated heterocycles. The lowest BCUT2D eigenvalue weighted by atomic mass is 10.1. The molecular formula is C10H7BrN2O3. The highest BCUT2D eigenvalue weighted by molar-refractivity contribution is 9.10. The fourth-order valence-electron chi connectivity index (χ4n) is 1.55. The van der Waals surface area contributed by atoms with Crippen molar-refractivity contribution in [2.75, 3.05) is 0 Å². The van der Waals surface area contributed by atoms with Crippen molar-refractivity contribution >= 4 is 32.4 Å². The Kier molecular flexibility index (Phi) is 2.51. The molecule has 0 radical (unpaired) electrons. The molecule has 0 N–H and O–H groups in total. The Morgan fingerprint density at radius 2 is 2.06 bits per heavy atom. The summed E-state index contributed by atoms with van der Waals surface area (Å²) in [4.78, 5) is 22.1. The van der Waals surface area contributed by atoms with Crippen molar-refractivity contribution in [3.8, 4) is 0 Å². The number of non-ortho nitro benzene ring substituents is 1. The van der Waals surface area contributed by atoms with Gasteiger partial charge in [0.1, 0.15) is 5.39 Å². The van der Waals surface area contributed by atoms with Gasteiger partial charge in [-0.3, -0.25) is 14.9 Å². The molecule has 6 heteroatoms. The van der Waals surface area contributed by atoms with Gasteiger partial charge in [-0.05, 0) is 12.1 Å². The maximum Gasteiger partial charge on any atom is 0.282 e. The van der Waals surface area contributed by atoms with Gasteiger partial charge >= 0.3 is 0 Å². The number of halogens is 1. The van der Waals surface area contributed by atoms with Crippen LogP contribution in [0.3, 0.4) is 0 Å². The Hall–Kier alpha value is -1.69. The molecule has 0 bridgehead atoms. The minimum absolute atomic E-state index is 0.129. The van der Waals surface area contributed by atoms with Crippen molar-refractivity contribution in [3.63, 3.8) is 0 Å². The number of rotatable bonds is 1. The molecule has 1 aromatic heterocycles. The number of pyridine rings is 1. The zero-order chi connectivity index (χ0) is 11.9. The maximum absolute atomic E-state index is 11.8. The van der Waals surface area contributed by atoms with Gasteiger partial charge in [-0.2, -0.15) is 0 Å². The molecule has 1 heterocycles. The SMILES string of the molecule is Cn1ccc2c(Br)ccc([N+](=O)[O-])c2c1=O. The molecule has 2 aromatic rings. The van der Waals surface area contributed by atoms with Crippen LogP contribution in [0.4, 0.5) is 5.69 Å². The summed E-state index contributed by atoms with van der Waals surface area (Å²) in [5, 5.41) is 11.5. The van der Waals surface area contributed by atoms with E-state index in [1.807, 2.05) is 0 Å². The third-order valence-electron chi connectivity index (χ3n) is 2.37. The van der Waals surface area contributed by atoms with E-state index < -0.39 is 4.92 Å². The first-order valence-electron chi connectivity index (χ1n) is 4.44. The molecule has 2 rings (SSSR count). The molecule has 0 fully saturated rings. The summed E-state index contributed by atoms with van der Waals surface area (Å²) in [6.07, 6.45) is 1.58. The summed E-state index contributed by atoms with van der Waals surface area (Å²) < 4.78 is 1.99. The van der Waals surface area contributed by atoms with Crippen molar-refractivity contribution < 1.29 is 4.92 Å². The third-order valence-corrected chi connectivity index (χ3v) is 3.06. The summed E-state index contributed by atoms with van der Waals surface area (Å²) in [5.41, 5.74) is -0.537. The lowest BCUT2D eigenvalue weighted by Gasteiger charge is -2.03. The quantitative estimate of drug-likeness (QED) is 0.595. The van der Waals surface area contributed by atoms with Crippen LogP contribution >= 0.6 is 15.9 Å². The smallest absolute Gasteiger partial charge is 0.282 e. The zero-order valence-corrected chi connectivity index (χ0v) is 9.89. The third kappa shape index (κ3) is 1.51. The summed E-state index contributed by atoms with van der Waals surface area (Å²) in [7, 11) is 1.56. The fourth-order valence-corrected chi connectivity index (χ4v) is 2.02. The first-order chi connectivity index (χ1) is 7.52. The Labute approximate surface area is 98.6 Å². The van der Waals surface area contributed by atoms with E-state index in [0.29, 0.717) is 9.86 Å². The van der Waals surface area contributed by atoms with Crippen molar-refractivity contribution in [2.45, 2.75) is 0 Å². The van der Waals surface area contributed by atoms with Crippen molar-refractivity contribution in [2.24, 2.45) is 7.05 Å². The van der Waals surface area contributed by atoms with Gasteiger partial charge in [0.05, 0.1) is 4.92 Å². The molecule has 0 saturated carbocycles. The molecule has 16 heavy (non-hydrogen) atoms. The number of hydrogen-bond donors (Lipinski definition) is 0. The first-order valence-corrected chi connectivity index (χ1v) is 5.24. The van der Waals surface area contributed by atoms with E-state index in [9.17, 15) is 14.9 Å². The highest BCUT2D eigenvalue weighted by atomic mass is 79.9. The summed E-state index contributed by atoms with van der Waals surface area (Å²) in [6.45, 7) is 0. The lowest BCUT2D eigenvalue weighted by molar-refractivity contribution is -0.383.